The summed E-state index contributed by atoms with van der Waals surface area (Å²) in [6.07, 6.45) is 0.920. The largest absolute Gasteiger partial charge is 0.396 e. The summed E-state index contributed by atoms with van der Waals surface area (Å²) in [4.78, 5) is 7.09. The fourth-order valence-electron chi connectivity index (χ4n) is 2.14. The monoisotopic (exact) mass is 258 g/mol. The van der Waals surface area contributed by atoms with Crippen LogP contribution >= 0.6 is 0 Å². The Labute approximate surface area is 112 Å². The summed E-state index contributed by atoms with van der Waals surface area (Å²) in [5.74, 6) is 0. The van der Waals surface area contributed by atoms with Crippen molar-refractivity contribution < 1.29 is 5.11 Å². The van der Waals surface area contributed by atoms with Gasteiger partial charge in [-0.05, 0) is 20.5 Å². The quantitative estimate of drug-likeness (QED) is 0.689. The van der Waals surface area contributed by atoms with Crippen molar-refractivity contribution in [2.24, 2.45) is 0 Å². The van der Waals surface area contributed by atoms with Gasteiger partial charge in [0.15, 0.2) is 0 Å². The van der Waals surface area contributed by atoms with Crippen LogP contribution in [-0.4, -0.2) is 99.4 Å². The van der Waals surface area contributed by atoms with E-state index in [0.29, 0.717) is 6.61 Å². The number of hydrogen-bond donors (Lipinski definition) is 2. The number of aliphatic hydroxyl groups is 1. The summed E-state index contributed by atoms with van der Waals surface area (Å²) in [6.45, 7) is 10.8. The second-order valence-electron chi connectivity index (χ2n) is 5.28. The van der Waals surface area contributed by atoms with E-state index in [9.17, 15) is 0 Å². The zero-order chi connectivity index (χ0) is 13.2. The second-order valence-corrected chi connectivity index (χ2v) is 5.28. The first-order chi connectivity index (χ1) is 8.72. The second kappa shape index (κ2) is 9.69. The highest BCUT2D eigenvalue weighted by Gasteiger charge is 2.12. The Morgan fingerprint density at radius 1 is 0.889 bits per heavy atom. The standard InChI is InChI=1S/C8H18N2O.C5H12N2/c1-9-4-6-10(7-5-9)3-2-8-11;1-7-4-2-6-3-5-7/h11H,2-8H2,1H3;6H,2-5H2,1H3. The zero-order valence-corrected chi connectivity index (χ0v) is 12.1. The molecule has 5 heteroatoms. The first kappa shape index (κ1) is 15.9. The Bertz CT molecular complexity index is 187. The molecule has 2 aliphatic heterocycles. The molecule has 0 unspecified atom stereocenters. The maximum atomic E-state index is 8.61. The maximum absolute atomic E-state index is 8.61. The van der Waals surface area contributed by atoms with Gasteiger partial charge in [0.05, 0.1) is 0 Å². The summed E-state index contributed by atoms with van der Waals surface area (Å²) in [5, 5.41) is 11.9. The van der Waals surface area contributed by atoms with Gasteiger partial charge in [0, 0.05) is 65.5 Å². The molecule has 0 bridgehead atoms. The Kier molecular flexibility index (Phi) is 8.54. The van der Waals surface area contributed by atoms with Crippen LogP contribution in [0.15, 0.2) is 0 Å². The van der Waals surface area contributed by atoms with Crippen LogP contribution < -0.4 is 5.32 Å². The molecule has 2 N–H and O–H groups in total. The number of nitrogens with one attached hydrogen (secondary N) is 1. The summed E-state index contributed by atoms with van der Waals surface area (Å²) < 4.78 is 0. The van der Waals surface area contributed by atoms with Crippen molar-refractivity contribution in [2.45, 2.75) is 6.42 Å². The van der Waals surface area contributed by atoms with Gasteiger partial charge < -0.3 is 25.1 Å². The molecule has 18 heavy (non-hydrogen) atoms. The van der Waals surface area contributed by atoms with Crippen molar-refractivity contribution in [3.8, 4) is 0 Å². The number of likely N-dealkylation sites (N-methyl/N-ethyl adjacent to an activating group) is 2. The van der Waals surface area contributed by atoms with Crippen molar-refractivity contribution in [1.82, 2.24) is 20.0 Å². The minimum atomic E-state index is 0.326. The third-order valence-electron chi connectivity index (χ3n) is 3.57. The zero-order valence-electron chi connectivity index (χ0n) is 12.1. The number of aliphatic hydroxyl groups excluding tert-OH is 1. The molecular weight excluding hydrogens is 228 g/mol. The van der Waals surface area contributed by atoms with Crippen molar-refractivity contribution in [3.63, 3.8) is 0 Å². The van der Waals surface area contributed by atoms with Gasteiger partial charge >= 0.3 is 0 Å². The number of hydrogen-bond acceptors (Lipinski definition) is 5. The van der Waals surface area contributed by atoms with E-state index in [1.54, 1.807) is 0 Å². The van der Waals surface area contributed by atoms with Gasteiger partial charge in [0.1, 0.15) is 0 Å². The summed E-state index contributed by atoms with van der Waals surface area (Å²) in [7, 11) is 4.31. The molecule has 2 saturated heterocycles. The lowest BCUT2D eigenvalue weighted by atomic mass is 10.3. The summed E-state index contributed by atoms with van der Waals surface area (Å²) in [5.41, 5.74) is 0. The van der Waals surface area contributed by atoms with Crippen LogP contribution in [0.2, 0.25) is 0 Å². The lowest BCUT2D eigenvalue weighted by molar-refractivity contribution is 0.143. The molecule has 0 aliphatic carbocycles. The summed E-state index contributed by atoms with van der Waals surface area (Å²) >= 11 is 0. The third-order valence-corrected chi connectivity index (χ3v) is 3.57. The van der Waals surface area contributed by atoms with Crippen LogP contribution in [0.4, 0.5) is 0 Å². The van der Waals surface area contributed by atoms with E-state index in [2.05, 4.69) is 34.1 Å². The Morgan fingerprint density at radius 3 is 1.89 bits per heavy atom. The predicted molar refractivity (Wildman–Crippen MR) is 76.0 cm³/mol. The van der Waals surface area contributed by atoms with E-state index < -0.39 is 0 Å². The van der Waals surface area contributed by atoms with E-state index in [4.69, 9.17) is 5.11 Å². The van der Waals surface area contributed by atoms with Crippen molar-refractivity contribution in [1.29, 1.82) is 0 Å². The molecule has 2 aliphatic rings. The number of rotatable bonds is 3. The van der Waals surface area contributed by atoms with Crippen LogP contribution in [0, 0.1) is 0 Å². The van der Waals surface area contributed by atoms with E-state index in [1.807, 2.05) is 0 Å². The lowest BCUT2D eigenvalue weighted by Gasteiger charge is -2.32. The van der Waals surface area contributed by atoms with Crippen LogP contribution in [0.25, 0.3) is 0 Å². The Hall–Kier alpha value is -0.200. The Morgan fingerprint density at radius 2 is 1.44 bits per heavy atom. The molecule has 0 amide bonds. The molecule has 0 atom stereocenters. The molecule has 2 fully saturated rings. The van der Waals surface area contributed by atoms with Crippen molar-refractivity contribution in [2.75, 3.05) is 79.6 Å². The normalized spacial score (nSPS) is 23.5. The highest BCUT2D eigenvalue weighted by molar-refractivity contribution is 4.68. The van der Waals surface area contributed by atoms with Crippen molar-refractivity contribution >= 4 is 0 Å². The number of piperazine rings is 2. The molecule has 0 radical (unpaired) electrons. The highest BCUT2D eigenvalue weighted by Crippen LogP contribution is 1.99. The summed E-state index contributed by atoms with van der Waals surface area (Å²) in [6, 6.07) is 0. The fraction of sp³-hybridized carbons (Fsp3) is 1.00. The average molecular weight is 258 g/mol. The van der Waals surface area contributed by atoms with Gasteiger partial charge in [-0.25, -0.2) is 0 Å². The molecule has 5 nitrogen and oxygen atoms in total. The van der Waals surface area contributed by atoms with Crippen LogP contribution in [0.5, 0.6) is 0 Å². The van der Waals surface area contributed by atoms with Crippen molar-refractivity contribution in [3.05, 3.63) is 0 Å². The predicted octanol–water partition coefficient (Wildman–Crippen LogP) is -0.862. The molecular formula is C13H30N4O. The van der Waals surface area contributed by atoms with Gasteiger partial charge in [-0.15, -0.1) is 0 Å². The Balaban J connectivity index is 0.000000199. The fourth-order valence-corrected chi connectivity index (χ4v) is 2.14. The molecule has 0 aromatic carbocycles. The van der Waals surface area contributed by atoms with Crippen LogP contribution in [-0.2, 0) is 0 Å². The third kappa shape index (κ3) is 7.28. The topological polar surface area (TPSA) is 42.0 Å². The maximum Gasteiger partial charge on any atom is 0.0443 e. The molecule has 0 saturated carbocycles. The molecule has 0 spiro atoms. The van der Waals surface area contributed by atoms with E-state index >= 15 is 0 Å². The van der Waals surface area contributed by atoms with E-state index in [0.717, 1.165) is 39.1 Å². The minimum absolute atomic E-state index is 0.326. The minimum Gasteiger partial charge on any atom is -0.396 e. The van der Waals surface area contributed by atoms with Crippen LogP contribution in [0.1, 0.15) is 6.42 Å². The smallest absolute Gasteiger partial charge is 0.0443 e. The average Bonchev–Trinajstić information content (AvgIpc) is 2.40. The molecule has 2 heterocycles. The molecule has 2 rings (SSSR count). The lowest BCUT2D eigenvalue weighted by Crippen LogP contribution is -2.44. The SMILES string of the molecule is CN1CCN(CCCO)CC1.CN1CCNCC1. The van der Waals surface area contributed by atoms with Gasteiger partial charge in [-0.1, -0.05) is 0 Å². The number of nitrogens with zero attached hydrogens (tertiary/aromatic N) is 3. The first-order valence-corrected chi connectivity index (χ1v) is 7.13. The molecule has 108 valence electrons. The van der Waals surface area contributed by atoms with Gasteiger partial charge in [0.25, 0.3) is 0 Å². The molecule has 0 aromatic heterocycles. The molecule has 0 aromatic rings. The highest BCUT2D eigenvalue weighted by atomic mass is 16.3. The van der Waals surface area contributed by atoms with Gasteiger partial charge in [-0.3, -0.25) is 0 Å². The van der Waals surface area contributed by atoms with E-state index in [1.165, 1.54) is 26.2 Å². The van der Waals surface area contributed by atoms with Gasteiger partial charge in [0.2, 0.25) is 0 Å². The van der Waals surface area contributed by atoms with Gasteiger partial charge in [-0.2, -0.15) is 0 Å². The van der Waals surface area contributed by atoms with Crippen LogP contribution in [0.3, 0.4) is 0 Å². The first-order valence-electron chi connectivity index (χ1n) is 7.13. The van der Waals surface area contributed by atoms with E-state index in [-0.39, 0.29) is 0 Å².